The molecule has 0 spiro atoms. The second-order valence-electron chi connectivity index (χ2n) is 7.93. The van der Waals surface area contributed by atoms with E-state index in [0.29, 0.717) is 26.8 Å². The van der Waals surface area contributed by atoms with E-state index in [1.165, 1.54) is 18.2 Å². The maximum Gasteiger partial charge on any atom is 0.301 e. The van der Waals surface area contributed by atoms with Crippen LogP contribution in [0.3, 0.4) is 0 Å². The highest BCUT2D eigenvalue weighted by atomic mass is 35.5. The number of ketones is 1. The molecule has 1 aliphatic rings. The van der Waals surface area contributed by atoms with Gasteiger partial charge in [-0.05, 0) is 37.6 Å². The standard InChI is InChI=1S/C24H16ClN3O6S/c1-11-9-15(12(2)34-11)21(29)18-20(13-5-3-6-14(10-13)28(32)33)27(23(31)22(18)30)24-26-19-16(25)7-4-8-17(19)35-24/h3-10,20,29H,1-2H3/b21-18+. The van der Waals surface area contributed by atoms with Crippen molar-refractivity contribution in [1.82, 2.24) is 4.98 Å². The number of carbonyl (C=O) groups excluding carboxylic acids is 2. The van der Waals surface area contributed by atoms with E-state index >= 15 is 0 Å². The van der Waals surface area contributed by atoms with Gasteiger partial charge in [-0.2, -0.15) is 0 Å². The van der Waals surface area contributed by atoms with Crippen LogP contribution in [0.15, 0.2) is 58.5 Å². The normalized spacial score (nSPS) is 17.5. The van der Waals surface area contributed by atoms with Crippen LogP contribution >= 0.6 is 22.9 Å². The van der Waals surface area contributed by atoms with Crippen LogP contribution in [0.5, 0.6) is 0 Å². The predicted molar refractivity (Wildman–Crippen MR) is 131 cm³/mol. The van der Waals surface area contributed by atoms with Crippen molar-refractivity contribution in [3.63, 3.8) is 0 Å². The number of furan rings is 1. The lowest BCUT2D eigenvalue weighted by atomic mass is 9.95. The monoisotopic (exact) mass is 509 g/mol. The van der Waals surface area contributed by atoms with E-state index in [1.807, 2.05) is 0 Å². The summed E-state index contributed by atoms with van der Waals surface area (Å²) in [4.78, 5) is 43.1. The van der Waals surface area contributed by atoms with Crippen molar-refractivity contribution < 1.29 is 24.0 Å². The number of aliphatic hydroxyl groups is 1. The van der Waals surface area contributed by atoms with Crippen LogP contribution in [0.1, 0.15) is 28.7 Å². The molecule has 0 aliphatic carbocycles. The molecule has 0 saturated carbocycles. The lowest BCUT2D eigenvalue weighted by Gasteiger charge is -2.22. The zero-order valence-electron chi connectivity index (χ0n) is 18.3. The number of para-hydroxylation sites is 1. The summed E-state index contributed by atoms with van der Waals surface area (Å²) in [7, 11) is 0. The number of hydrogen-bond donors (Lipinski definition) is 1. The summed E-state index contributed by atoms with van der Waals surface area (Å²) in [5.74, 6) is -1.43. The maximum absolute atomic E-state index is 13.3. The number of nitro benzene ring substituents is 1. The quantitative estimate of drug-likeness (QED) is 0.123. The van der Waals surface area contributed by atoms with Crippen molar-refractivity contribution in [3.8, 4) is 0 Å². The Hall–Kier alpha value is -4.02. The molecular weight excluding hydrogens is 494 g/mol. The third-order valence-corrected chi connectivity index (χ3v) is 7.03. The summed E-state index contributed by atoms with van der Waals surface area (Å²) in [6.45, 7) is 3.31. The van der Waals surface area contributed by atoms with Crippen LogP contribution in [0.2, 0.25) is 5.02 Å². The summed E-state index contributed by atoms with van der Waals surface area (Å²) in [5, 5.41) is 23.2. The van der Waals surface area contributed by atoms with Gasteiger partial charge >= 0.3 is 5.91 Å². The van der Waals surface area contributed by atoms with Crippen molar-refractivity contribution in [2.75, 3.05) is 4.90 Å². The lowest BCUT2D eigenvalue weighted by Crippen LogP contribution is -2.29. The minimum Gasteiger partial charge on any atom is -0.507 e. The number of nitro groups is 1. The zero-order valence-corrected chi connectivity index (χ0v) is 19.9. The third kappa shape index (κ3) is 3.67. The van der Waals surface area contributed by atoms with Gasteiger partial charge in [0.1, 0.15) is 22.8 Å². The van der Waals surface area contributed by atoms with Crippen LogP contribution < -0.4 is 4.90 Å². The number of aliphatic hydroxyl groups excluding tert-OH is 1. The van der Waals surface area contributed by atoms with E-state index in [2.05, 4.69) is 4.98 Å². The first-order valence-electron chi connectivity index (χ1n) is 10.3. The zero-order chi connectivity index (χ0) is 25.0. The van der Waals surface area contributed by atoms with Gasteiger partial charge in [-0.3, -0.25) is 24.6 Å². The average molecular weight is 510 g/mol. The molecule has 11 heteroatoms. The summed E-state index contributed by atoms with van der Waals surface area (Å²) in [5.41, 5.74) is 0.530. The molecule has 35 heavy (non-hydrogen) atoms. The number of rotatable bonds is 4. The van der Waals surface area contributed by atoms with Crippen LogP contribution in [-0.2, 0) is 9.59 Å². The van der Waals surface area contributed by atoms with Crippen molar-refractivity contribution in [1.29, 1.82) is 0 Å². The van der Waals surface area contributed by atoms with Gasteiger partial charge in [-0.15, -0.1) is 0 Å². The highest BCUT2D eigenvalue weighted by molar-refractivity contribution is 7.22. The van der Waals surface area contributed by atoms with Crippen molar-refractivity contribution in [3.05, 3.63) is 91.9 Å². The Morgan fingerprint density at radius 2 is 1.94 bits per heavy atom. The SMILES string of the molecule is Cc1cc(/C(O)=C2\C(=O)C(=O)N(c3nc4c(Cl)cccc4s3)C2c2cccc([N+](=O)[O-])c2)c(C)o1. The Labute approximate surface area is 207 Å². The molecule has 3 heterocycles. The number of fused-ring (bicyclic) bond motifs is 1. The molecule has 1 aliphatic heterocycles. The molecular formula is C24H16ClN3O6S. The number of Topliss-reactive ketones (excluding diaryl/α,β-unsaturated/α-hetero) is 1. The fourth-order valence-electron chi connectivity index (χ4n) is 4.17. The molecule has 1 amide bonds. The van der Waals surface area contributed by atoms with Gasteiger partial charge in [0.25, 0.3) is 11.5 Å². The molecule has 1 fully saturated rings. The Bertz CT molecular complexity index is 1590. The lowest BCUT2D eigenvalue weighted by molar-refractivity contribution is -0.384. The number of halogens is 1. The predicted octanol–water partition coefficient (Wildman–Crippen LogP) is 5.69. The van der Waals surface area contributed by atoms with Gasteiger partial charge in [0.15, 0.2) is 5.13 Å². The summed E-state index contributed by atoms with van der Waals surface area (Å²) in [6.07, 6.45) is 0. The molecule has 9 nitrogen and oxygen atoms in total. The fourth-order valence-corrected chi connectivity index (χ4v) is 5.46. The molecule has 4 aromatic rings. The molecule has 1 N–H and O–H groups in total. The van der Waals surface area contributed by atoms with Crippen LogP contribution in [0, 0.1) is 24.0 Å². The van der Waals surface area contributed by atoms with Crippen LogP contribution in [-0.4, -0.2) is 26.7 Å². The smallest absolute Gasteiger partial charge is 0.301 e. The number of anilines is 1. The maximum atomic E-state index is 13.3. The van der Waals surface area contributed by atoms with E-state index in [1.54, 1.807) is 44.2 Å². The molecule has 0 bridgehead atoms. The van der Waals surface area contributed by atoms with Gasteiger partial charge in [0, 0.05) is 12.1 Å². The molecule has 0 radical (unpaired) electrons. The second kappa shape index (κ2) is 8.33. The average Bonchev–Trinajstić information content (AvgIpc) is 3.48. The Morgan fingerprint density at radius 1 is 1.20 bits per heavy atom. The number of hydrogen-bond acceptors (Lipinski definition) is 8. The fraction of sp³-hybridized carbons (Fsp3) is 0.125. The highest BCUT2D eigenvalue weighted by Gasteiger charge is 2.48. The van der Waals surface area contributed by atoms with E-state index in [0.717, 1.165) is 16.2 Å². The highest BCUT2D eigenvalue weighted by Crippen LogP contribution is 2.45. The van der Waals surface area contributed by atoms with Crippen LogP contribution in [0.25, 0.3) is 16.0 Å². The van der Waals surface area contributed by atoms with Crippen molar-refractivity contribution in [2.24, 2.45) is 0 Å². The molecule has 176 valence electrons. The largest absolute Gasteiger partial charge is 0.507 e. The second-order valence-corrected chi connectivity index (χ2v) is 9.35. The van der Waals surface area contributed by atoms with E-state index in [-0.39, 0.29) is 27.5 Å². The van der Waals surface area contributed by atoms with E-state index in [9.17, 15) is 24.8 Å². The first-order chi connectivity index (χ1) is 16.7. The van der Waals surface area contributed by atoms with Gasteiger partial charge in [-0.1, -0.05) is 41.1 Å². The molecule has 1 unspecified atom stereocenters. The molecule has 1 atom stereocenters. The number of benzene rings is 2. The summed E-state index contributed by atoms with van der Waals surface area (Å²) < 4.78 is 6.18. The number of nitrogens with zero attached hydrogens (tertiary/aromatic N) is 3. The Morgan fingerprint density at radius 3 is 2.60 bits per heavy atom. The number of aromatic nitrogens is 1. The molecule has 5 rings (SSSR count). The minimum absolute atomic E-state index is 0.172. The summed E-state index contributed by atoms with van der Waals surface area (Å²) >= 11 is 7.41. The van der Waals surface area contributed by atoms with Gasteiger partial charge in [0.05, 0.1) is 31.8 Å². The minimum atomic E-state index is -1.16. The number of non-ortho nitro benzene ring substituents is 1. The molecule has 1 saturated heterocycles. The number of carbonyl (C=O) groups is 2. The molecule has 2 aromatic carbocycles. The van der Waals surface area contributed by atoms with E-state index in [4.69, 9.17) is 16.0 Å². The Kier molecular flexibility index (Phi) is 5.42. The first kappa shape index (κ1) is 22.8. The van der Waals surface area contributed by atoms with E-state index < -0.39 is 28.4 Å². The third-order valence-electron chi connectivity index (χ3n) is 5.70. The number of amides is 1. The van der Waals surface area contributed by atoms with Crippen molar-refractivity contribution in [2.45, 2.75) is 19.9 Å². The van der Waals surface area contributed by atoms with Crippen molar-refractivity contribution >= 4 is 61.4 Å². The van der Waals surface area contributed by atoms with Gasteiger partial charge < -0.3 is 9.52 Å². The van der Waals surface area contributed by atoms with Gasteiger partial charge in [0.2, 0.25) is 0 Å². The summed E-state index contributed by atoms with van der Waals surface area (Å²) in [6, 6.07) is 11.1. The molecule has 2 aromatic heterocycles. The van der Waals surface area contributed by atoms with Gasteiger partial charge in [-0.25, -0.2) is 4.98 Å². The van der Waals surface area contributed by atoms with Crippen LogP contribution in [0.4, 0.5) is 10.8 Å². The number of aryl methyl sites for hydroxylation is 2. The first-order valence-corrected chi connectivity index (χ1v) is 11.5. The topological polar surface area (TPSA) is 127 Å². The number of thiazole rings is 1. The Balaban J connectivity index is 1.78.